The van der Waals surface area contributed by atoms with E-state index < -0.39 is 0 Å². The quantitative estimate of drug-likeness (QED) is 0.495. The molecular formula is C7H9NS. The second-order valence-corrected chi connectivity index (χ2v) is 3.59. The fourth-order valence-electron chi connectivity index (χ4n) is 1.24. The minimum Gasteiger partial charge on any atom is -0.293 e. The molecule has 0 amide bonds. The van der Waals surface area contributed by atoms with Crippen molar-refractivity contribution >= 4 is 18.0 Å². The van der Waals surface area contributed by atoms with Gasteiger partial charge in [0.05, 0.1) is 0 Å². The second-order valence-electron chi connectivity index (χ2n) is 2.35. The summed E-state index contributed by atoms with van der Waals surface area (Å²) < 4.78 is 0. The molecule has 0 aromatic carbocycles. The maximum atomic E-state index is 4.21. The molecule has 9 heavy (non-hydrogen) atoms. The summed E-state index contributed by atoms with van der Waals surface area (Å²) in [6, 6.07) is 0. The smallest absolute Gasteiger partial charge is 0.0403 e. The largest absolute Gasteiger partial charge is 0.293 e. The maximum absolute atomic E-state index is 4.21. The predicted octanol–water partition coefficient (Wildman–Crippen LogP) is 1.50. The zero-order chi connectivity index (χ0) is 6.10. The number of fused-ring (bicyclic) bond motifs is 1. The number of nitrogens with zero attached hydrogens (tertiary/aromatic N) is 1. The fraction of sp³-hybridized carbons (Fsp3) is 0.571. The van der Waals surface area contributed by atoms with Crippen molar-refractivity contribution in [2.75, 3.05) is 12.3 Å². The van der Waals surface area contributed by atoms with E-state index in [1.807, 2.05) is 18.0 Å². The Morgan fingerprint density at radius 3 is 3.56 bits per heavy atom. The van der Waals surface area contributed by atoms with Crippen LogP contribution in [0.15, 0.2) is 16.6 Å². The average Bonchev–Trinajstić information content (AvgIpc) is 2.33. The standard InChI is InChI=1S/C7H9NS/c1-3-8-5-6-2-4-9-7(1)6/h2,5,7H,1,3-4H2. The van der Waals surface area contributed by atoms with E-state index in [9.17, 15) is 0 Å². The van der Waals surface area contributed by atoms with Crippen LogP contribution in [0.3, 0.4) is 0 Å². The minimum atomic E-state index is 0.794. The molecule has 48 valence electrons. The van der Waals surface area contributed by atoms with Gasteiger partial charge in [0.25, 0.3) is 0 Å². The SMILES string of the molecule is C1=NCCC2SCC=C12. The Balaban J connectivity index is 2.24. The first-order valence-corrected chi connectivity index (χ1v) is 4.33. The van der Waals surface area contributed by atoms with Gasteiger partial charge in [-0.05, 0) is 12.0 Å². The van der Waals surface area contributed by atoms with Crippen LogP contribution in [0.25, 0.3) is 0 Å². The van der Waals surface area contributed by atoms with Gasteiger partial charge in [-0.1, -0.05) is 6.08 Å². The summed E-state index contributed by atoms with van der Waals surface area (Å²) in [6.45, 7) is 1.04. The van der Waals surface area contributed by atoms with Crippen molar-refractivity contribution in [2.45, 2.75) is 11.7 Å². The summed E-state index contributed by atoms with van der Waals surface area (Å²) in [5.41, 5.74) is 1.46. The highest BCUT2D eigenvalue weighted by Gasteiger charge is 2.19. The highest BCUT2D eigenvalue weighted by atomic mass is 32.2. The van der Waals surface area contributed by atoms with Gasteiger partial charge in [-0.3, -0.25) is 4.99 Å². The topological polar surface area (TPSA) is 12.4 Å². The molecule has 0 spiro atoms. The van der Waals surface area contributed by atoms with E-state index in [2.05, 4.69) is 11.1 Å². The van der Waals surface area contributed by atoms with Gasteiger partial charge in [-0.15, -0.1) is 11.8 Å². The third-order valence-electron chi connectivity index (χ3n) is 1.75. The van der Waals surface area contributed by atoms with Crippen molar-refractivity contribution in [3.63, 3.8) is 0 Å². The molecular weight excluding hydrogens is 130 g/mol. The molecule has 2 aliphatic heterocycles. The Labute approximate surface area is 59.2 Å². The van der Waals surface area contributed by atoms with Crippen LogP contribution < -0.4 is 0 Å². The molecule has 0 bridgehead atoms. The Kier molecular flexibility index (Phi) is 1.34. The maximum Gasteiger partial charge on any atom is 0.0403 e. The van der Waals surface area contributed by atoms with E-state index in [0.717, 1.165) is 11.8 Å². The molecule has 0 radical (unpaired) electrons. The Bertz CT molecular complexity index is 172. The van der Waals surface area contributed by atoms with Crippen LogP contribution in [0, 0.1) is 0 Å². The molecule has 1 unspecified atom stereocenters. The summed E-state index contributed by atoms with van der Waals surface area (Å²) in [5.74, 6) is 1.20. The summed E-state index contributed by atoms with van der Waals surface area (Å²) >= 11 is 2.04. The lowest BCUT2D eigenvalue weighted by Gasteiger charge is -2.12. The van der Waals surface area contributed by atoms with E-state index in [1.54, 1.807) is 0 Å². The molecule has 2 aliphatic rings. The molecule has 2 heteroatoms. The van der Waals surface area contributed by atoms with Crippen LogP contribution in [0.2, 0.25) is 0 Å². The van der Waals surface area contributed by atoms with Crippen molar-refractivity contribution < 1.29 is 0 Å². The highest BCUT2D eigenvalue weighted by molar-refractivity contribution is 8.00. The summed E-state index contributed by atoms with van der Waals surface area (Å²) in [6.07, 6.45) is 5.58. The van der Waals surface area contributed by atoms with Crippen molar-refractivity contribution in [2.24, 2.45) is 4.99 Å². The van der Waals surface area contributed by atoms with Crippen molar-refractivity contribution in [1.29, 1.82) is 0 Å². The van der Waals surface area contributed by atoms with Crippen LogP contribution in [0.4, 0.5) is 0 Å². The van der Waals surface area contributed by atoms with Crippen molar-refractivity contribution in [3.8, 4) is 0 Å². The lowest BCUT2D eigenvalue weighted by molar-refractivity contribution is 0.843. The summed E-state index contributed by atoms with van der Waals surface area (Å²) in [5, 5.41) is 0.794. The summed E-state index contributed by atoms with van der Waals surface area (Å²) in [7, 11) is 0. The first-order valence-electron chi connectivity index (χ1n) is 3.28. The van der Waals surface area contributed by atoms with E-state index in [-0.39, 0.29) is 0 Å². The monoisotopic (exact) mass is 139 g/mol. The van der Waals surface area contributed by atoms with Crippen LogP contribution in [-0.4, -0.2) is 23.8 Å². The number of hydrogen-bond acceptors (Lipinski definition) is 2. The first kappa shape index (κ1) is 5.54. The molecule has 0 saturated carbocycles. The van der Waals surface area contributed by atoms with Crippen LogP contribution in [-0.2, 0) is 0 Å². The minimum absolute atomic E-state index is 0.794. The van der Waals surface area contributed by atoms with E-state index in [1.165, 1.54) is 17.7 Å². The molecule has 0 aromatic heterocycles. The van der Waals surface area contributed by atoms with Gasteiger partial charge in [0.15, 0.2) is 0 Å². The normalized spacial score (nSPS) is 32.0. The molecule has 2 rings (SSSR count). The Morgan fingerprint density at radius 1 is 1.67 bits per heavy atom. The number of hydrogen-bond donors (Lipinski definition) is 0. The number of rotatable bonds is 0. The Morgan fingerprint density at radius 2 is 2.67 bits per heavy atom. The predicted molar refractivity (Wildman–Crippen MR) is 42.3 cm³/mol. The van der Waals surface area contributed by atoms with Gasteiger partial charge >= 0.3 is 0 Å². The molecule has 0 aliphatic carbocycles. The van der Waals surface area contributed by atoms with Gasteiger partial charge in [-0.2, -0.15) is 0 Å². The third-order valence-corrected chi connectivity index (χ3v) is 3.02. The lowest BCUT2D eigenvalue weighted by Crippen LogP contribution is -2.10. The summed E-state index contributed by atoms with van der Waals surface area (Å²) in [4.78, 5) is 4.21. The second kappa shape index (κ2) is 2.18. The van der Waals surface area contributed by atoms with Crippen molar-refractivity contribution in [1.82, 2.24) is 0 Å². The number of thioether (sulfide) groups is 1. The van der Waals surface area contributed by atoms with Crippen LogP contribution in [0.5, 0.6) is 0 Å². The van der Waals surface area contributed by atoms with E-state index >= 15 is 0 Å². The number of aliphatic imine (C=N–C) groups is 1. The molecule has 1 nitrogen and oxygen atoms in total. The first-order chi connectivity index (χ1) is 4.47. The fourth-order valence-corrected chi connectivity index (χ4v) is 2.38. The van der Waals surface area contributed by atoms with Crippen LogP contribution >= 0.6 is 11.8 Å². The average molecular weight is 139 g/mol. The van der Waals surface area contributed by atoms with Gasteiger partial charge in [0.2, 0.25) is 0 Å². The zero-order valence-corrected chi connectivity index (χ0v) is 6.03. The van der Waals surface area contributed by atoms with Gasteiger partial charge in [0, 0.05) is 23.8 Å². The van der Waals surface area contributed by atoms with Gasteiger partial charge < -0.3 is 0 Å². The van der Waals surface area contributed by atoms with E-state index in [4.69, 9.17) is 0 Å². The molecule has 2 heterocycles. The molecule has 0 saturated heterocycles. The molecule has 0 fully saturated rings. The van der Waals surface area contributed by atoms with E-state index in [0.29, 0.717) is 0 Å². The molecule has 0 aromatic rings. The van der Waals surface area contributed by atoms with Gasteiger partial charge in [-0.25, -0.2) is 0 Å². The highest BCUT2D eigenvalue weighted by Crippen LogP contribution is 2.30. The van der Waals surface area contributed by atoms with Crippen LogP contribution in [0.1, 0.15) is 6.42 Å². The Hall–Kier alpha value is -0.240. The molecule has 1 atom stereocenters. The third kappa shape index (κ3) is 0.917. The van der Waals surface area contributed by atoms with Crippen molar-refractivity contribution in [3.05, 3.63) is 11.6 Å². The van der Waals surface area contributed by atoms with Gasteiger partial charge in [0.1, 0.15) is 0 Å². The zero-order valence-electron chi connectivity index (χ0n) is 5.21. The molecule has 0 N–H and O–H groups in total. The lowest BCUT2D eigenvalue weighted by atomic mass is 10.1.